The maximum atomic E-state index is 13.1. The summed E-state index contributed by atoms with van der Waals surface area (Å²) in [6, 6.07) is 15.3. The van der Waals surface area contributed by atoms with E-state index in [4.69, 9.17) is 4.74 Å². The highest BCUT2D eigenvalue weighted by atomic mass is 16.5. The molecule has 0 bridgehead atoms. The number of aryl methyl sites for hydroxylation is 1. The minimum absolute atomic E-state index is 0.0913. The maximum Gasteiger partial charge on any atom is 0.295 e. The van der Waals surface area contributed by atoms with Gasteiger partial charge in [0, 0.05) is 31.0 Å². The van der Waals surface area contributed by atoms with Gasteiger partial charge >= 0.3 is 0 Å². The number of imidazole rings is 1. The third-order valence-electron chi connectivity index (χ3n) is 5.53. The molecule has 1 aromatic heterocycles. The molecule has 7 nitrogen and oxygen atoms in total. The Hall–Kier alpha value is -4.13. The van der Waals surface area contributed by atoms with E-state index in [1.54, 1.807) is 55.0 Å². The SMILES string of the molecule is C=CCOc1ccc([C@@H]2C(=C(O)c3ccccc3)C(=O)C(=O)N2CCCn2ccnc2)cc1. The molecule has 1 N–H and O–H groups in total. The van der Waals surface area contributed by atoms with Crippen molar-refractivity contribution < 1.29 is 19.4 Å². The number of amides is 1. The van der Waals surface area contributed by atoms with E-state index >= 15 is 0 Å². The summed E-state index contributed by atoms with van der Waals surface area (Å²) in [6.45, 7) is 5.03. The Balaban J connectivity index is 1.69. The van der Waals surface area contributed by atoms with Crippen LogP contribution in [-0.4, -0.2) is 44.4 Å². The summed E-state index contributed by atoms with van der Waals surface area (Å²) < 4.78 is 7.47. The van der Waals surface area contributed by atoms with Crippen LogP contribution in [0.4, 0.5) is 0 Å². The van der Waals surface area contributed by atoms with Gasteiger partial charge in [-0.1, -0.05) is 55.1 Å². The van der Waals surface area contributed by atoms with Crippen LogP contribution in [0.15, 0.2) is 91.5 Å². The average molecular weight is 444 g/mol. The van der Waals surface area contributed by atoms with Crippen molar-refractivity contribution >= 4 is 17.4 Å². The van der Waals surface area contributed by atoms with Gasteiger partial charge < -0.3 is 19.3 Å². The summed E-state index contributed by atoms with van der Waals surface area (Å²) >= 11 is 0. The minimum Gasteiger partial charge on any atom is -0.507 e. The lowest BCUT2D eigenvalue weighted by molar-refractivity contribution is -0.139. The summed E-state index contributed by atoms with van der Waals surface area (Å²) in [4.78, 5) is 31.6. The number of carbonyl (C=O) groups is 2. The molecule has 2 aromatic carbocycles. The molecular formula is C26H25N3O4. The summed E-state index contributed by atoms with van der Waals surface area (Å²) in [5, 5.41) is 11.0. The van der Waals surface area contributed by atoms with Crippen LogP contribution in [0.2, 0.25) is 0 Å². The molecule has 0 saturated carbocycles. The van der Waals surface area contributed by atoms with E-state index < -0.39 is 17.7 Å². The first-order valence-corrected chi connectivity index (χ1v) is 10.7. The fourth-order valence-corrected chi connectivity index (χ4v) is 3.95. The molecule has 1 saturated heterocycles. The highest BCUT2D eigenvalue weighted by Crippen LogP contribution is 2.39. The first kappa shape index (κ1) is 22.1. The molecule has 0 radical (unpaired) electrons. The number of Topliss-reactive ketones (excluding diaryl/α,β-unsaturated/α-hetero) is 1. The van der Waals surface area contributed by atoms with Crippen molar-refractivity contribution in [3.8, 4) is 5.75 Å². The zero-order valence-corrected chi connectivity index (χ0v) is 18.1. The molecule has 3 aromatic rings. The van der Waals surface area contributed by atoms with Crippen molar-refractivity contribution in [3.63, 3.8) is 0 Å². The molecule has 2 heterocycles. The highest BCUT2D eigenvalue weighted by Gasteiger charge is 2.45. The normalized spacial score (nSPS) is 17.3. The number of carbonyl (C=O) groups excluding carboxylic acids is 2. The number of ketones is 1. The van der Waals surface area contributed by atoms with Crippen molar-refractivity contribution in [1.29, 1.82) is 0 Å². The van der Waals surface area contributed by atoms with Crippen LogP contribution in [0.3, 0.4) is 0 Å². The monoisotopic (exact) mass is 443 g/mol. The molecule has 1 aliphatic rings. The summed E-state index contributed by atoms with van der Waals surface area (Å²) in [5.74, 6) is -0.826. The molecule has 4 rings (SSSR count). The molecule has 33 heavy (non-hydrogen) atoms. The van der Waals surface area contributed by atoms with Gasteiger partial charge in [-0.2, -0.15) is 0 Å². The number of aliphatic hydroxyl groups is 1. The summed E-state index contributed by atoms with van der Waals surface area (Å²) in [7, 11) is 0. The molecule has 1 atom stereocenters. The Morgan fingerprint density at radius 1 is 1.09 bits per heavy atom. The molecule has 1 aliphatic heterocycles. The van der Waals surface area contributed by atoms with Gasteiger partial charge in [-0.25, -0.2) is 4.98 Å². The molecule has 0 unspecified atom stereocenters. The first-order valence-electron chi connectivity index (χ1n) is 10.7. The quantitative estimate of drug-likeness (QED) is 0.234. The minimum atomic E-state index is -0.693. The number of ether oxygens (including phenoxy) is 1. The highest BCUT2D eigenvalue weighted by molar-refractivity contribution is 6.46. The van der Waals surface area contributed by atoms with E-state index in [1.165, 1.54) is 4.90 Å². The number of hydrogen-bond acceptors (Lipinski definition) is 5. The van der Waals surface area contributed by atoms with Crippen LogP contribution in [0, 0.1) is 0 Å². The Kier molecular flexibility index (Phi) is 6.69. The fourth-order valence-electron chi connectivity index (χ4n) is 3.95. The lowest BCUT2D eigenvalue weighted by Crippen LogP contribution is -2.31. The van der Waals surface area contributed by atoms with Crippen molar-refractivity contribution in [2.24, 2.45) is 0 Å². The lowest BCUT2D eigenvalue weighted by atomic mass is 9.95. The molecule has 168 valence electrons. The molecule has 1 fully saturated rings. The van der Waals surface area contributed by atoms with Crippen molar-refractivity contribution in [2.75, 3.05) is 13.2 Å². The predicted octanol–water partition coefficient (Wildman–Crippen LogP) is 3.96. The number of aliphatic hydroxyl groups excluding tert-OH is 1. The zero-order valence-electron chi connectivity index (χ0n) is 18.1. The van der Waals surface area contributed by atoms with Gasteiger partial charge in [-0.3, -0.25) is 9.59 Å². The zero-order chi connectivity index (χ0) is 23.2. The number of aromatic nitrogens is 2. The third-order valence-corrected chi connectivity index (χ3v) is 5.53. The fraction of sp³-hybridized carbons (Fsp3) is 0.192. The molecule has 0 aliphatic carbocycles. The van der Waals surface area contributed by atoms with E-state index in [2.05, 4.69) is 11.6 Å². The number of benzene rings is 2. The van der Waals surface area contributed by atoms with Gasteiger partial charge in [-0.15, -0.1) is 0 Å². The summed E-state index contributed by atoms with van der Waals surface area (Å²) in [6.07, 6.45) is 7.54. The number of nitrogens with zero attached hydrogens (tertiary/aromatic N) is 3. The largest absolute Gasteiger partial charge is 0.507 e. The van der Waals surface area contributed by atoms with Crippen molar-refractivity contribution in [3.05, 3.63) is 103 Å². The van der Waals surface area contributed by atoms with Crippen LogP contribution in [-0.2, 0) is 16.1 Å². The number of rotatable bonds is 9. The topological polar surface area (TPSA) is 84.7 Å². The Morgan fingerprint density at radius 2 is 1.85 bits per heavy atom. The van der Waals surface area contributed by atoms with Crippen LogP contribution in [0.1, 0.15) is 23.6 Å². The molecule has 7 heteroatoms. The maximum absolute atomic E-state index is 13.1. The average Bonchev–Trinajstić information content (AvgIpc) is 3.45. The predicted molar refractivity (Wildman–Crippen MR) is 124 cm³/mol. The van der Waals surface area contributed by atoms with E-state index in [-0.39, 0.29) is 11.3 Å². The van der Waals surface area contributed by atoms with E-state index in [1.807, 2.05) is 29.0 Å². The van der Waals surface area contributed by atoms with Crippen molar-refractivity contribution in [1.82, 2.24) is 14.5 Å². The van der Waals surface area contributed by atoms with Gasteiger partial charge in [-0.05, 0) is 24.1 Å². The standard InChI is InChI=1S/C26H25N3O4/c1-2-17-33-21-11-9-19(10-12-21)23-22(24(30)20-7-4-3-5-8-20)25(31)26(32)29(23)15-6-14-28-16-13-27-18-28/h2-5,7-13,16,18,23,30H,1,6,14-15,17H2/t23-/m1/s1. The van der Waals surface area contributed by atoms with E-state index in [0.717, 1.165) is 5.56 Å². The number of likely N-dealkylation sites (tertiary alicyclic amines) is 1. The second-order valence-corrected chi connectivity index (χ2v) is 7.68. The van der Waals surface area contributed by atoms with Crippen LogP contribution in [0.25, 0.3) is 5.76 Å². The Labute approximate surface area is 192 Å². The number of hydrogen-bond donors (Lipinski definition) is 1. The van der Waals surface area contributed by atoms with Gasteiger partial charge in [0.15, 0.2) is 0 Å². The van der Waals surface area contributed by atoms with Gasteiger partial charge in [0.1, 0.15) is 18.1 Å². The van der Waals surface area contributed by atoms with Crippen LogP contribution >= 0.6 is 0 Å². The molecule has 0 spiro atoms. The van der Waals surface area contributed by atoms with Gasteiger partial charge in [0.2, 0.25) is 0 Å². The van der Waals surface area contributed by atoms with Crippen molar-refractivity contribution in [2.45, 2.75) is 19.0 Å². The van der Waals surface area contributed by atoms with Crippen LogP contribution in [0.5, 0.6) is 5.75 Å². The third kappa shape index (κ3) is 4.72. The van der Waals surface area contributed by atoms with E-state index in [0.29, 0.717) is 37.4 Å². The second kappa shape index (κ2) is 9.99. The Bertz CT molecular complexity index is 1150. The second-order valence-electron chi connectivity index (χ2n) is 7.68. The van der Waals surface area contributed by atoms with Gasteiger partial charge in [0.05, 0.1) is 17.9 Å². The summed E-state index contributed by atoms with van der Waals surface area (Å²) in [5.41, 5.74) is 1.30. The Morgan fingerprint density at radius 3 is 2.52 bits per heavy atom. The van der Waals surface area contributed by atoms with E-state index in [9.17, 15) is 14.7 Å². The molecular weight excluding hydrogens is 418 g/mol. The van der Waals surface area contributed by atoms with Gasteiger partial charge in [0.25, 0.3) is 11.7 Å². The first-order chi connectivity index (χ1) is 16.1. The smallest absolute Gasteiger partial charge is 0.295 e. The lowest BCUT2D eigenvalue weighted by Gasteiger charge is -2.25. The molecule has 1 amide bonds. The van der Waals surface area contributed by atoms with Crippen LogP contribution < -0.4 is 4.74 Å².